The molecule has 11 heteroatoms. The van der Waals surface area contributed by atoms with Gasteiger partial charge in [-0.15, -0.1) is 0 Å². The van der Waals surface area contributed by atoms with Gasteiger partial charge in [-0.3, -0.25) is 0 Å². The van der Waals surface area contributed by atoms with E-state index in [1.54, 1.807) is 29.2 Å². The summed E-state index contributed by atoms with van der Waals surface area (Å²) in [6.45, 7) is 2.77. The lowest BCUT2D eigenvalue weighted by molar-refractivity contribution is -0.137. The molecule has 3 aromatic rings. The number of amides is 2. The quantitative estimate of drug-likeness (QED) is 0.398. The monoisotopic (exact) mass is 528 g/mol. The topological polar surface area (TPSA) is 66.4 Å². The fourth-order valence-electron chi connectivity index (χ4n) is 4.50. The van der Waals surface area contributed by atoms with Crippen molar-refractivity contribution in [3.63, 3.8) is 0 Å². The Morgan fingerprint density at radius 2 is 1.84 bits per heavy atom. The molecule has 1 fully saturated rings. The Hall–Kier alpha value is -4.28. The van der Waals surface area contributed by atoms with Crippen LogP contribution < -0.4 is 14.8 Å². The van der Waals surface area contributed by atoms with Gasteiger partial charge in [-0.25, -0.2) is 14.2 Å². The summed E-state index contributed by atoms with van der Waals surface area (Å²) in [7, 11) is 1.51. The molecule has 7 nitrogen and oxygen atoms in total. The van der Waals surface area contributed by atoms with Crippen LogP contribution in [-0.2, 0) is 6.18 Å². The number of methoxy groups -OCH3 is 1. The molecule has 0 aromatic heterocycles. The molecule has 1 unspecified atom stereocenters. The fraction of sp³-hybridized carbons (Fsp3) is 0.259. The Morgan fingerprint density at radius 1 is 1.08 bits per heavy atom. The van der Waals surface area contributed by atoms with E-state index < -0.39 is 23.6 Å². The van der Waals surface area contributed by atoms with E-state index in [2.05, 4.69) is 10.3 Å². The number of carbonyl (C=O) groups excluding carboxylic acids is 1. The maximum absolute atomic E-state index is 14.0. The number of ether oxygens (including phenoxy) is 2. The number of para-hydroxylation sites is 1. The van der Waals surface area contributed by atoms with Gasteiger partial charge in [0.1, 0.15) is 28.8 Å². The van der Waals surface area contributed by atoms with Crippen LogP contribution in [0.2, 0.25) is 0 Å². The van der Waals surface area contributed by atoms with Crippen molar-refractivity contribution in [2.45, 2.75) is 19.1 Å². The van der Waals surface area contributed by atoms with Gasteiger partial charge in [0, 0.05) is 25.7 Å². The number of urea groups is 1. The molecule has 0 bridgehead atoms. The number of fused-ring (bicyclic) bond motifs is 2. The van der Waals surface area contributed by atoms with Gasteiger partial charge in [-0.05, 0) is 55.5 Å². The number of carbonyl (C=O) groups is 1. The summed E-state index contributed by atoms with van der Waals surface area (Å²) < 4.78 is 65.7. The first kappa shape index (κ1) is 25.4. The van der Waals surface area contributed by atoms with Gasteiger partial charge < -0.3 is 24.6 Å². The van der Waals surface area contributed by atoms with Gasteiger partial charge in [-0.2, -0.15) is 13.2 Å². The molecule has 2 aliphatic rings. The number of piperazine rings is 1. The zero-order valence-corrected chi connectivity index (χ0v) is 20.6. The Balaban J connectivity index is 1.46. The molecular formula is C27H24F4N4O3. The molecule has 1 atom stereocenters. The molecule has 0 spiro atoms. The van der Waals surface area contributed by atoms with Crippen LogP contribution in [0, 0.1) is 5.82 Å². The maximum atomic E-state index is 14.0. The van der Waals surface area contributed by atoms with E-state index in [1.807, 2.05) is 11.8 Å². The molecular weight excluding hydrogens is 504 g/mol. The highest BCUT2D eigenvalue weighted by Crippen LogP contribution is 2.42. The van der Waals surface area contributed by atoms with Crippen LogP contribution in [0.1, 0.15) is 18.1 Å². The van der Waals surface area contributed by atoms with E-state index in [0.717, 1.165) is 12.1 Å². The summed E-state index contributed by atoms with van der Waals surface area (Å²) in [6.07, 6.45) is -4.54. The van der Waals surface area contributed by atoms with E-state index in [0.29, 0.717) is 36.0 Å². The molecule has 0 aliphatic carbocycles. The second kappa shape index (κ2) is 9.88. The number of alkyl halides is 3. The van der Waals surface area contributed by atoms with Crippen molar-refractivity contribution in [2.24, 2.45) is 4.99 Å². The third kappa shape index (κ3) is 4.96. The third-order valence-electron chi connectivity index (χ3n) is 6.46. The van der Waals surface area contributed by atoms with Crippen molar-refractivity contribution < 1.29 is 31.8 Å². The summed E-state index contributed by atoms with van der Waals surface area (Å²) in [6, 6.07) is 13.4. The predicted octanol–water partition coefficient (Wildman–Crippen LogP) is 6.28. The number of benzene rings is 3. The number of nitrogens with one attached hydrogen (secondary N) is 1. The largest absolute Gasteiger partial charge is 0.497 e. The summed E-state index contributed by atoms with van der Waals surface area (Å²) in [5.41, 5.74) is -0.173. The van der Waals surface area contributed by atoms with Crippen LogP contribution in [0.15, 0.2) is 65.7 Å². The number of halogens is 4. The minimum absolute atomic E-state index is 0.0392. The van der Waals surface area contributed by atoms with Crippen LogP contribution in [0.5, 0.6) is 17.2 Å². The third-order valence-corrected chi connectivity index (χ3v) is 6.46. The average molecular weight is 529 g/mol. The lowest BCUT2D eigenvalue weighted by Gasteiger charge is -2.41. The van der Waals surface area contributed by atoms with Crippen LogP contribution >= 0.6 is 0 Å². The van der Waals surface area contributed by atoms with Crippen LogP contribution in [-0.4, -0.2) is 54.5 Å². The van der Waals surface area contributed by atoms with Crippen LogP contribution in [0.4, 0.5) is 33.7 Å². The summed E-state index contributed by atoms with van der Waals surface area (Å²) >= 11 is 0. The number of hydrogen-bond acceptors (Lipinski definition) is 5. The first-order valence-electron chi connectivity index (χ1n) is 11.9. The van der Waals surface area contributed by atoms with Gasteiger partial charge >= 0.3 is 12.2 Å². The Labute approximate surface area is 216 Å². The molecule has 198 valence electrons. The zero-order valence-electron chi connectivity index (χ0n) is 20.6. The lowest BCUT2D eigenvalue weighted by atomic mass is 10.1. The standard InChI is InChI=1S/C27H24F4N4O3/c1-16-15-34(11-12-35(16)26(36)33-21-6-4-3-5-20(21)28)25-19-14-18(37-2)8-10-23(19)38-24-9-7-17(27(29,30)31)13-22(24)32-25/h3-10,13-14,16H,11-12,15H2,1-2H3,(H,33,36). The number of hydrogen-bond donors (Lipinski definition) is 1. The predicted molar refractivity (Wildman–Crippen MR) is 134 cm³/mol. The molecule has 1 N–H and O–H groups in total. The highest BCUT2D eigenvalue weighted by molar-refractivity contribution is 6.04. The van der Waals surface area contributed by atoms with Gasteiger partial charge in [0.25, 0.3) is 0 Å². The first-order chi connectivity index (χ1) is 18.1. The SMILES string of the molecule is COc1ccc2c(c1)C(N1CCN(C(=O)Nc3ccccc3F)C(C)C1)=Nc1cc(C(F)(F)F)ccc1O2. The van der Waals surface area contributed by atoms with Crippen LogP contribution in [0.3, 0.4) is 0 Å². The van der Waals surface area contributed by atoms with Crippen molar-refractivity contribution in [3.05, 3.63) is 77.6 Å². The van der Waals surface area contributed by atoms with Crippen molar-refractivity contribution in [1.29, 1.82) is 0 Å². The number of rotatable bonds is 2. The fourth-order valence-corrected chi connectivity index (χ4v) is 4.50. The molecule has 38 heavy (non-hydrogen) atoms. The highest BCUT2D eigenvalue weighted by Gasteiger charge is 2.34. The van der Waals surface area contributed by atoms with E-state index >= 15 is 0 Å². The second-order valence-corrected chi connectivity index (χ2v) is 8.98. The van der Waals surface area contributed by atoms with E-state index in [9.17, 15) is 22.4 Å². The van der Waals surface area contributed by atoms with Crippen molar-refractivity contribution in [1.82, 2.24) is 9.80 Å². The number of amidine groups is 1. The van der Waals surface area contributed by atoms with Gasteiger partial charge in [0.2, 0.25) is 0 Å². The number of aliphatic imine (C=N–C) groups is 1. The van der Waals surface area contributed by atoms with E-state index in [4.69, 9.17) is 9.47 Å². The van der Waals surface area contributed by atoms with Gasteiger partial charge in [-0.1, -0.05) is 12.1 Å². The molecule has 5 rings (SSSR count). The minimum atomic E-state index is -4.54. The van der Waals surface area contributed by atoms with Crippen molar-refractivity contribution >= 4 is 23.2 Å². The molecule has 2 aliphatic heterocycles. The van der Waals surface area contributed by atoms with E-state index in [-0.39, 0.29) is 29.7 Å². The van der Waals surface area contributed by atoms with Gasteiger partial charge in [0.05, 0.1) is 23.9 Å². The Morgan fingerprint density at radius 3 is 2.55 bits per heavy atom. The average Bonchev–Trinajstić information content (AvgIpc) is 3.05. The molecule has 2 heterocycles. The van der Waals surface area contributed by atoms with Crippen molar-refractivity contribution in [3.8, 4) is 17.2 Å². The number of anilines is 1. The lowest BCUT2D eigenvalue weighted by Crippen LogP contribution is -2.56. The summed E-state index contributed by atoms with van der Waals surface area (Å²) in [5, 5.41) is 2.60. The molecule has 3 aromatic carbocycles. The summed E-state index contributed by atoms with van der Waals surface area (Å²) in [5.74, 6) is 0.990. The molecule has 0 radical (unpaired) electrons. The zero-order chi connectivity index (χ0) is 27.0. The normalized spacial score (nSPS) is 17.0. The molecule has 0 saturated carbocycles. The smallest absolute Gasteiger partial charge is 0.416 e. The maximum Gasteiger partial charge on any atom is 0.416 e. The molecule has 2 amide bonds. The Kier molecular flexibility index (Phi) is 6.60. The van der Waals surface area contributed by atoms with E-state index in [1.165, 1.54) is 31.4 Å². The highest BCUT2D eigenvalue weighted by atomic mass is 19.4. The first-order valence-corrected chi connectivity index (χ1v) is 11.9. The van der Waals surface area contributed by atoms with Crippen molar-refractivity contribution in [2.75, 3.05) is 32.1 Å². The van der Waals surface area contributed by atoms with Crippen LogP contribution in [0.25, 0.3) is 0 Å². The molecule has 1 saturated heterocycles. The summed E-state index contributed by atoms with van der Waals surface area (Å²) in [4.78, 5) is 21.0. The number of nitrogens with zero attached hydrogens (tertiary/aromatic N) is 3. The van der Waals surface area contributed by atoms with Gasteiger partial charge in [0.15, 0.2) is 5.75 Å². The second-order valence-electron chi connectivity index (χ2n) is 8.98. The minimum Gasteiger partial charge on any atom is -0.497 e. The Bertz CT molecular complexity index is 1410.